The average molecular weight is 358 g/mol. The standard InChI is InChI=1S/C18H18N2O4S/c1-9-2-4-11-14(6-9)25-18(15(11)16(19)21)20-17(22)10-3-5-12-13(7-10)24-8-23-12/h3,5,7,9H,2,4,6,8H2,1H3,(H2,19,21)(H,20,22)/t9-/m1/s1. The number of rotatable bonds is 3. The van der Waals surface area contributed by atoms with Crippen LogP contribution >= 0.6 is 11.3 Å². The molecule has 6 nitrogen and oxygen atoms in total. The lowest BCUT2D eigenvalue weighted by Gasteiger charge is -2.18. The Balaban J connectivity index is 1.64. The third-order valence-electron chi connectivity index (χ3n) is 4.62. The van der Waals surface area contributed by atoms with E-state index in [1.807, 2.05) is 0 Å². The number of carbonyl (C=O) groups is 2. The van der Waals surface area contributed by atoms with Crippen LogP contribution in [0.25, 0.3) is 0 Å². The zero-order valence-electron chi connectivity index (χ0n) is 13.8. The SMILES string of the molecule is C[C@@H]1CCc2c(sc(NC(=O)c3ccc4c(c3)OCO4)c2C(N)=O)C1. The van der Waals surface area contributed by atoms with Crippen molar-refractivity contribution < 1.29 is 19.1 Å². The molecule has 1 aliphatic heterocycles. The van der Waals surface area contributed by atoms with Gasteiger partial charge in [-0.25, -0.2) is 0 Å². The van der Waals surface area contributed by atoms with E-state index in [4.69, 9.17) is 15.2 Å². The van der Waals surface area contributed by atoms with Gasteiger partial charge in [0.05, 0.1) is 5.56 Å². The van der Waals surface area contributed by atoms with E-state index in [1.165, 1.54) is 11.3 Å². The molecule has 3 N–H and O–H groups in total. The van der Waals surface area contributed by atoms with E-state index < -0.39 is 5.91 Å². The van der Waals surface area contributed by atoms with Gasteiger partial charge >= 0.3 is 0 Å². The number of anilines is 1. The highest BCUT2D eigenvalue weighted by Gasteiger charge is 2.27. The first-order valence-corrected chi connectivity index (χ1v) is 9.00. The molecule has 1 aliphatic carbocycles. The summed E-state index contributed by atoms with van der Waals surface area (Å²) in [6.07, 6.45) is 2.77. The lowest BCUT2D eigenvalue weighted by atomic mass is 9.88. The molecule has 0 saturated heterocycles. The zero-order valence-corrected chi connectivity index (χ0v) is 14.6. The predicted molar refractivity (Wildman–Crippen MR) is 94.5 cm³/mol. The second kappa shape index (κ2) is 6.07. The highest BCUT2D eigenvalue weighted by molar-refractivity contribution is 7.17. The van der Waals surface area contributed by atoms with Crippen molar-refractivity contribution in [3.05, 3.63) is 39.8 Å². The number of benzene rings is 1. The van der Waals surface area contributed by atoms with Crippen molar-refractivity contribution in [1.29, 1.82) is 0 Å². The quantitative estimate of drug-likeness (QED) is 0.882. The fourth-order valence-electron chi connectivity index (χ4n) is 3.31. The molecule has 0 fully saturated rings. The van der Waals surface area contributed by atoms with Crippen molar-refractivity contribution in [2.24, 2.45) is 11.7 Å². The fraction of sp³-hybridized carbons (Fsp3) is 0.333. The topological polar surface area (TPSA) is 90.7 Å². The number of nitrogens with one attached hydrogen (secondary N) is 1. The minimum Gasteiger partial charge on any atom is -0.454 e. The second-order valence-electron chi connectivity index (χ2n) is 6.44. The molecule has 7 heteroatoms. The van der Waals surface area contributed by atoms with Crippen LogP contribution < -0.4 is 20.5 Å². The molecule has 130 valence electrons. The van der Waals surface area contributed by atoms with Crippen LogP contribution in [-0.4, -0.2) is 18.6 Å². The molecule has 2 amide bonds. The minimum absolute atomic E-state index is 0.155. The molecule has 2 aliphatic rings. The van der Waals surface area contributed by atoms with Crippen molar-refractivity contribution >= 4 is 28.2 Å². The minimum atomic E-state index is -0.493. The van der Waals surface area contributed by atoms with E-state index in [0.29, 0.717) is 33.5 Å². The molecule has 1 atom stereocenters. The van der Waals surface area contributed by atoms with Crippen LogP contribution in [0.3, 0.4) is 0 Å². The maximum Gasteiger partial charge on any atom is 0.256 e. The Morgan fingerprint density at radius 3 is 2.88 bits per heavy atom. The lowest BCUT2D eigenvalue weighted by Crippen LogP contribution is -2.19. The molecule has 0 radical (unpaired) electrons. The third-order valence-corrected chi connectivity index (χ3v) is 5.79. The van der Waals surface area contributed by atoms with E-state index in [0.717, 1.165) is 29.7 Å². The Morgan fingerprint density at radius 2 is 2.08 bits per heavy atom. The Bertz CT molecular complexity index is 874. The summed E-state index contributed by atoms with van der Waals surface area (Å²) in [6.45, 7) is 2.35. The van der Waals surface area contributed by atoms with Gasteiger partial charge in [0.1, 0.15) is 5.00 Å². The van der Waals surface area contributed by atoms with Crippen molar-refractivity contribution in [2.45, 2.75) is 26.2 Å². The molecule has 2 heterocycles. The summed E-state index contributed by atoms with van der Waals surface area (Å²) in [7, 11) is 0. The largest absolute Gasteiger partial charge is 0.454 e. The molecule has 0 spiro atoms. The second-order valence-corrected chi connectivity index (χ2v) is 7.55. The van der Waals surface area contributed by atoms with Gasteiger partial charge in [0, 0.05) is 10.4 Å². The average Bonchev–Trinajstić information content (AvgIpc) is 3.17. The van der Waals surface area contributed by atoms with Crippen LogP contribution in [0, 0.1) is 5.92 Å². The number of hydrogen-bond donors (Lipinski definition) is 2. The van der Waals surface area contributed by atoms with Crippen LogP contribution in [-0.2, 0) is 12.8 Å². The molecular weight excluding hydrogens is 340 g/mol. The van der Waals surface area contributed by atoms with Crippen molar-refractivity contribution in [3.8, 4) is 11.5 Å². The number of nitrogens with two attached hydrogens (primary N) is 1. The summed E-state index contributed by atoms with van der Waals surface area (Å²) in [6, 6.07) is 5.01. The van der Waals surface area contributed by atoms with E-state index in [9.17, 15) is 9.59 Å². The summed E-state index contributed by atoms with van der Waals surface area (Å²) in [4.78, 5) is 25.7. The van der Waals surface area contributed by atoms with E-state index >= 15 is 0 Å². The Morgan fingerprint density at radius 1 is 1.28 bits per heavy atom. The monoisotopic (exact) mass is 358 g/mol. The van der Waals surface area contributed by atoms with Crippen molar-refractivity contribution in [3.63, 3.8) is 0 Å². The maximum absolute atomic E-state index is 12.6. The summed E-state index contributed by atoms with van der Waals surface area (Å²) in [5.41, 5.74) is 7.49. The molecule has 0 saturated carbocycles. The molecule has 25 heavy (non-hydrogen) atoms. The van der Waals surface area contributed by atoms with Crippen LogP contribution in [0.1, 0.15) is 44.5 Å². The molecular formula is C18H18N2O4S. The smallest absolute Gasteiger partial charge is 0.256 e. The predicted octanol–water partition coefficient (Wildman–Crippen LogP) is 2.95. The molecule has 4 rings (SSSR count). The van der Waals surface area contributed by atoms with E-state index in [2.05, 4.69) is 12.2 Å². The number of thiophene rings is 1. The van der Waals surface area contributed by atoms with E-state index in [-0.39, 0.29) is 12.7 Å². The maximum atomic E-state index is 12.6. The summed E-state index contributed by atoms with van der Waals surface area (Å²) < 4.78 is 10.6. The van der Waals surface area contributed by atoms with Crippen LogP contribution in [0.5, 0.6) is 11.5 Å². The highest BCUT2D eigenvalue weighted by atomic mass is 32.1. The first kappa shape index (κ1) is 16.0. The number of primary amides is 1. The fourth-order valence-corrected chi connectivity index (χ4v) is 4.72. The molecule has 0 bridgehead atoms. The van der Waals surface area contributed by atoms with Gasteiger partial charge in [-0.1, -0.05) is 6.92 Å². The van der Waals surface area contributed by atoms with Gasteiger partial charge in [0.15, 0.2) is 11.5 Å². The number of carbonyl (C=O) groups excluding carboxylic acids is 2. The zero-order chi connectivity index (χ0) is 17.6. The molecule has 1 aromatic carbocycles. The van der Waals surface area contributed by atoms with Gasteiger partial charge in [-0.05, 0) is 48.9 Å². The molecule has 1 aromatic heterocycles. The number of ether oxygens (including phenoxy) is 2. The Kier molecular flexibility index (Phi) is 3.88. The first-order valence-electron chi connectivity index (χ1n) is 8.18. The van der Waals surface area contributed by atoms with Crippen LogP contribution in [0.4, 0.5) is 5.00 Å². The van der Waals surface area contributed by atoms with Crippen molar-refractivity contribution in [2.75, 3.05) is 12.1 Å². The highest BCUT2D eigenvalue weighted by Crippen LogP contribution is 2.40. The molecule has 2 aromatic rings. The van der Waals surface area contributed by atoms with Crippen LogP contribution in [0.2, 0.25) is 0 Å². The van der Waals surface area contributed by atoms with Gasteiger partial charge < -0.3 is 20.5 Å². The Hall–Kier alpha value is -2.54. The van der Waals surface area contributed by atoms with E-state index in [1.54, 1.807) is 18.2 Å². The van der Waals surface area contributed by atoms with Crippen LogP contribution in [0.15, 0.2) is 18.2 Å². The van der Waals surface area contributed by atoms with Gasteiger partial charge in [0.2, 0.25) is 6.79 Å². The normalized spacial score (nSPS) is 17.9. The number of amides is 2. The van der Waals surface area contributed by atoms with Gasteiger partial charge in [-0.15, -0.1) is 11.3 Å². The number of fused-ring (bicyclic) bond motifs is 2. The van der Waals surface area contributed by atoms with Gasteiger partial charge in [0.25, 0.3) is 11.8 Å². The Labute approximate surface area is 148 Å². The number of hydrogen-bond acceptors (Lipinski definition) is 5. The van der Waals surface area contributed by atoms with Gasteiger partial charge in [-0.2, -0.15) is 0 Å². The third kappa shape index (κ3) is 2.84. The lowest BCUT2D eigenvalue weighted by molar-refractivity contribution is 0.1000. The van der Waals surface area contributed by atoms with Crippen molar-refractivity contribution in [1.82, 2.24) is 0 Å². The first-order chi connectivity index (χ1) is 12.0. The summed E-state index contributed by atoms with van der Waals surface area (Å²) in [5.74, 6) is 0.946. The summed E-state index contributed by atoms with van der Waals surface area (Å²) in [5, 5.41) is 3.39. The summed E-state index contributed by atoms with van der Waals surface area (Å²) >= 11 is 1.45. The molecule has 0 unspecified atom stereocenters. The van der Waals surface area contributed by atoms with Gasteiger partial charge in [-0.3, -0.25) is 9.59 Å².